The zero-order valence-electron chi connectivity index (χ0n) is 8.79. The summed E-state index contributed by atoms with van der Waals surface area (Å²) in [6.07, 6.45) is 10.8. The van der Waals surface area contributed by atoms with Crippen LogP contribution < -0.4 is 5.32 Å². The molecule has 3 atom stereocenters. The molecule has 0 saturated heterocycles. The molecule has 1 aliphatic rings. The Morgan fingerprint density at radius 2 is 2.21 bits per heavy atom. The molecule has 0 bridgehead atoms. The largest absolute Gasteiger partial charge is 0.300 e. The SMILES string of the molecule is C#CC(CC)NC1CCCCC1C#N. The molecule has 1 fully saturated rings. The lowest BCUT2D eigenvalue weighted by Gasteiger charge is -2.29. The van der Waals surface area contributed by atoms with E-state index >= 15 is 0 Å². The summed E-state index contributed by atoms with van der Waals surface area (Å²) in [7, 11) is 0. The van der Waals surface area contributed by atoms with E-state index in [4.69, 9.17) is 11.7 Å². The normalized spacial score (nSPS) is 28.8. The van der Waals surface area contributed by atoms with Crippen LogP contribution in [0.1, 0.15) is 39.0 Å². The van der Waals surface area contributed by atoms with E-state index in [1.54, 1.807) is 0 Å². The highest BCUT2D eigenvalue weighted by Gasteiger charge is 2.25. The van der Waals surface area contributed by atoms with Crippen LogP contribution in [0.15, 0.2) is 0 Å². The van der Waals surface area contributed by atoms with Crippen molar-refractivity contribution in [1.29, 1.82) is 5.26 Å². The number of nitrogens with zero attached hydrogens (tertiary/aromatic N) is 1. The Labute approximate surface area is 86.7 Å². The maximum Gasteiger partial charge on any atom is 0.0686 e. The van der Waals surface area contributed by atoms with E-state index in [-0.39, 0.29) is 12.0 Å². The molecule has 0 aromatic carbocycles. The highest BCUT2D eigenvalue weighted by Crippen LogP contribution is 2.24. The van der Waals surface area contributed by atoms with Crippen molar-refractivity contribution in [2.24, 2.45) is 5.92 Å². The van der Waals surface area contributed by atoms with E-state index in [2.05, 4.69) is 24.2 Å². The molecule has 0 aromatic rings. The molecular weight excluding hydrogens is 172 g/mol. The lowest BCUT2D eigenvalue weighted by Crippen LogP contribution is -2.43. The third-order valence-electron chi connectivity index (χ3n) is 2.96. The van der Waals surface area contributed by atoms with Crippen LogP contribution in [0, 0.1) is 29.6 Å². The second-order valence-electron chi connectivity index (χ2n) is 3.92. The Morgan fingerprint density at radius 1 is 1.50 bits per heavy atom. The van der Waals surface area contributed by atoms with Gasteiger partial charge in [-0.15, -0.1) is 6.42 Å². The number of hydrogen-bond acceptors (Lipinski definition) is 2. The molecule has 1 rings (SSSR count). The lowest BCUT2D eigenvalue weighted by atomic mass is 9.85. The second-order valence-corrected chi connectivity index (χ2v) is 3.92. The van der Waals surface area contributed by atoms with Gasteiger partial charge in [-0.2, -0.15) is 5.26 Å². The molecule has 1 aliphatic carbocycles. The van der Waals surface area contributed by atoms with E-state index in [1.165, 1.54) is 12.8 Å². The van der Waals surface area contributed by atoms with E-state index in [9.17, 15) is 0 Å². The molecule has 0 aromatic heterocycles. The predicted octanol–water partition coefficient (Wildman–Crippen LogP) is 2.07. The van der Waals surface area contributed by atoms with Gasteiger partial charge >= 0.3 is 0 Å². The van der Waals surface area contributed by atoms with E-state index in [0.29, 0.717) is 6.04 Å². The van der Waals surface area contributed by atoms with Crippen LogP contribution >= 0.6 is 0 Å². The Balaban J connectivity index is 2.49. The highest BCUT2D eigenvalue weighted by atomic mass is 15.0. The van der Waals surface area contributed by atoms with Gasteiger partial charge in [-0.3, -0.25) is 5.32 Å². The Kier molecular flexibility index (Phi) is 4.50. The fourth-order valence-corrected chi connectivity index (χ4v) is 2.03. The minimum Gasteiger partial charge on any atom is -0.300 e. The Bertz CT molecular complexity index is 246. The summed E-state index contributed by atoms with van der Waals surface area (Å²) < 4.78 is 0. The van der Waals surface area contributed by atoms with Crippen LogP contribution in [-0.4, -0.2) is 12.1 Å². The van der Waals surface area contributed by atoms with Crippen molar-refractivity contribution in [3.05, 3.63) is 0 Å². The van der Waals surface area contributed by atoms with Crippen LogP contribution in [0.4, 0.5) is 0 Å². The van der Waals surface area contributed by atoms with E-state index in [1.807, 2.05) is 0 Å². The molecule has 1 N–H and O–H groups in total. The number of terminal acetylenes is 1. The fourth-order valence-electron chi connectivity index (χ4n) is 2.03. The van der Waals surface area contributed by atoms with Crippen molar-refractivity contribution < 1.29 is 0 Å². The summed E-state index contributed by atoms with van der Waals surface area (Å²) in [5, 5.41) is 12.4. The topological polar surface area (TPSA) is 35.8 Å². The van der Waals surface area contributed by atoms with Gasteiger partial charge in [0, 0.05) is 6.04 Å². The van der Waals surface area contributed by atoms with Gasteiger partial charge in [0.25, 0.3) is 0 Å². The molecule has 0 amide bonds. The highest BCUT2D eigenvalue weighted by molar-refractivity contribution is 5.03. The molecule has 0 radical (unpaired) electrons. The first kappa shape index (κ1) is 11.1. The third-order valence-corrected chi connectivity index (χ3v) is 2.96. The molecule has 76 valence electrons. The van der Waals surface area contributed by atoms with Gasteiger partial charge in [-0.25, -0.2) is 0 Å². The van der Waals surface area contributed by atoms with Crippen molar-refractivity contribution in [3.8, 4) is 18.4 Å². The standard InChI is InChI=1S/C12H18N2/c1-3-11(4-2)14-12-8-6-5-7-10(12)9-13/h1,10-12,14H,4-8H2,2H3. The summed E-state index contributed by atoms with van der Waals surface area (Å²) in [4.78, 5) is 0. The molecule has 2 heteroatoms. The predicted molar refractivity (Wildman–Crippen MR) is 57.4 cm³/mol. The minimum atomic E-state index is 0.133. The zero-order chi connectivity index (χ0) is 10.4. The zero-order valence-corrected chi connectivity index (χ0v) is 8.79. The van der Waals surface area contributed by atoms with Gasteiger partial charge in [0.15, 0.2) is 0 Å². The van der Waals surface area contributed by atoms with Gasteiger partial charge in [0.2, 0.25) is 0 Å². The fraction of sp³-hybridized carbons (Fsp3) is 0.750. The summed E-state index contributed by atoms with van der Waals surface area (Å²) in [6.45, 7) is 2.07. The van der Waals surface area contributed by atoms with E-state index < -0.39 is 0 Å². The van der Waals surface area contributed by atoms with Crippen LogP contribution in [0.5, 0.6) is 0 Å². The monoisotopic (exact) mass is 190 g/mol. The Hall–Kier alpha value is -0.990. The van der Waals surface area contributed by atoms with Crippen LogP contribution in [0.25, 0.3) is 0 Å². The summed E-state index contributed by atoms with van der Waals surface area (Å²) in [5.41, 5.74) is 0. The molecule has 1 saturated carbocycles. The summed E-state index contributed by atoms with van der Waals surface area (Å²) >= 11 is 0. The van der Waals surface area contributed by atoms with Gasteiger partial charge in [0.05, 0.1) is 18.0 Å². The summed E-state index contributed by atoms with van der Waals surface area (Å²) in [5.74, 6) is 2.88. The number of nitriles is 1. The van der Waals surface area contributed by atoms with Crippen molar-refractivity contribution >= 4 is 0 Å². The van der Waals surface area contributed by atoms with Gasteiger partial charge in [-0.05, 0) is 19.3 Å². The molecule has 14 heavy (non-hydrogen) atoms. The molecule has 0 spiro atoms. The average molecular weight is 190 g/mol. The molecular formula is C12H18N2. The van der Waals surface area contributed by atoms with Crippen molar-refractivity contribution in [3.63, 3.8) is 0 Å². The quantitative estimate of drug-likeness (QED) is 0.691. The molecule has 3 unspecified atom stereocenters. The van der Waals surface area contributed by atoms with Crippen LogP contribution in [-0.2, 0) is 0 Å². The van der Waals surface area contributed by atoms with E-state index in [0.717, 1.165) is 19.3 Å². The number of hydrogen-bond donors (Lipinski definition) is 1. The first-order valence-corrected chi connectivity index (χ1v) is 5.43. The second kappa shape index (κ2) is 5.68. The first-order valence-electron chi connectivity index (χ1n) is 5.43. The third kappa shape index (κ3) is 2.76. The maximum atomic E-state index is 8.98. The number of rotatable bonds is 3. The van der Waals surface area contributed by atoms with Gasteiger partial charge in [-0.1, -0.05) is 25.7 Å². The maximum absolute atomic E-state index is 8.98. The average Bonchev–Trinajstić information content (AvgIpc) is 2.26. The lowest BCUT2D eigenvalue weighted by molar-refractivity contribution is 0.299. The van der Waals surface area contributed by atoms with Gasteiger partial charge < -0.3 is 0 Å². The first-order chi connectivity index (χ1) is 6.81. The molecule has 2 nitrogen and oxygen atoms in total. The van der Waals surface area contributed by atoms with Crippen molar-refractivity contribution in [1.82, 2.24) is 5.32 Å². The molecule has 0 aliphatic heterocycles. The smallest absolute Gasteiger partial charge is 0.0686 e. The van der Waals surface area contributed by atoms with Crippen LogP contribution in [0.2, 0.25) is 0 Å². The summed E-state index contributed by atoms with van der Waals surface area (Å²) in [6, 6.07) is 2.82. The Morgan fingerprint density at radius 3 is 2.79 bits per heavy atom. The van der Waals surface area contributed by atoms with Gasteiger partial charge in [0.1, 0.15) is 0 Å². The van der Waals surface area contributed by atoms with Crippen LogP contribution in [0.3, 0.4) is 0 Å². The minimum absolute atomic E-state index is 0.133. The molecule has 0 heterocycles. The number of nitrogens with one attached hydrogen (secondary N) is 1. The van der Waals surface area contributed by atoms with Crippen molar-refractivity contribution in [2.45, 2.75) is 51.1 Å². The van der Waals surface area contributed by atoms with Crippen molar-refractivity contribution in [2.75, 3.05) is 0 Å².